The SMILES string of the molecule is CN1CCC(c2ccccc2C(O)C(=O)OC2CCCC2)C1. The van der Waals surface area contributed by atoms with Crippen LogP contribution in [0.1, 0.15) is 55.3 Å². The van der Waals surface area contributed by atoms with Crippen LogP contribution in [0.25, 0.3) is 0 Å². The number of esters is 1. The van der Waals surface area contributed by atoms with Crippen LogP contribution >= 0.6 is 0 Å². The Morgan fingerprint density at radius 3 is 2.68 bits per heavy atom. The van der Waals surface area contributed by atoms with Gasteiger partial charge < -0.3 is 14.7 Å². The van der Waals surface area contributed by atoms with E-state index in [1.165, 1.54) is 0 Å². The molecular formula is C18H25NO3. The third kappa shape index (κ3) is 3.33. The van der Waals surface area contributed by atoms with Crippen molar-refractivity contribution in [1.29, 1.82) is 0 Å². The summed E-state index contributed by atoms with van der Waals surface area (Å²) in [6, 6.07) is 7.75. The van der Waals surface area contributed by atoms with Crippen LogP contribution in [0.15, 0.2) is 24.3 Å². The number of rotatable bonds is 4. The highest BCUT2D eigenvalue weighted by Crippen LogP contribution is 2.32. The van der Waals surface area contributed by atoms with E-state index in [0.29, 0.717) is 11.5 Å². The van der Waals surface area contributed by atoms with Crippen LogP contribution < -0.4 is 0 Å². The Labute approximate surface area is 132 Å². The molecule has 1 saturated carbocycles. The predicted octanol–water partition coefficient (Wildman–Crippen LogP) is 2.62. The first-order chi connectivity index (χ1) is 10.6. The molecule has 1 aliphatic heterocycles. The number of carbonyl (C=O) groups is 1. The molecule has 2 unspecified atom stereocenters. The van der Waals surface area contributed by atoms with Crippen molar-refractivity contribution >= 4 is 5.97 Å². The summed E-state index contributed by atoms with van der Waals surface area (Å²) in [5.74, 6) is -0.110. The highest BCUT2D eigenvalue weighted by Gasteiger charge is 2.30. The van der Waals surface area contributed by atoms with Crippen molar-refractivity contribution in [3.05, 3.63) is 35.4 Å². The zero-order valence-corrected chi connectivity index (χ0v) is 13.2. The minimum Gasteiger partial charge on any atom is -0.460 e. The number of ether oxygens (including phenoxy) is 1. The molecule has 0 bridgehead atoms. The van der Waals surface area contributed by atoms with Gasteiger partial charge in [-0.2, -0.15) is 0 Å². The molecule has 4 heteroatoms. The predicted molar refractivity (Wildman–Crippen MR) is 84.6 cm³/mol. The molecule has 1 aromatic carbocycles. The third-order valence-corrected chi connectivity index (χ3v) is 4.93. The van der Waals surface area contributed by atoms with E-state index in [9.17, 15) is 9.90 Å². The van der Waals surface area contributed by atoms with Gasteiger partial charge in [0.05, 0.1) is 0 Å². The van der Waals surface area contributed by atoms with Crippen molar-refractivity contribution in [2.45, 2.75) is 50.2 Å². The molecular weight excluding hydrogens is 278 g/mol. The van der Waals surface area contributed by atoms with Crippen LogP contribution in [0.2, 0.25) is 0 Å². The minimum absolute atomic E-state index is 0.00748. The van der Waals surface area contributed by atoms with E-state index in [0.717, 1.165) is 50.8 Å². The summed E-state index contributed by atoms with van der Waals surface area (Å²) in [7, 11) is 2.10. The second kappa shape index (κ2) is 6.80. The minimum atomic E-state index is -1.16. The molecule has 2 fully saturated rings. The van der Waals surface area contributed by atoms with Crippen LogP contribution in [-0.4, -0.2) is 42.2 Å². The molecule has 0 aromatic heterocycles. The number of likely N-dealkylation sites (tertiary alicyclic amines) is 1. The lowest BCUT2D eigenvalue weighted by atomic mass is 9.91. The number of likely N-dealkylation sites (N-methyl/N-ethyl adjacent to an activating group) is 1. The lowest BCUT2D eigenvalue weighted by Crippen LogP contribution is -2.22. The molecule has 1 saturated heterocycles. The van der Waals surface area contributed by atoms with Gasteiger partial charge in [-0.25, -0.2) is 4.79 Å². The molecule has 2 aliphatic rings. The molecule has 0 spiro atoms. The fourth-order valence-electron chi connectivity index (χ4n) is 3.68. The third-order valence-electron chi connectivity index (χ3n) is 4.93. The number of hydrogen-bond acceptors (Lipinski definition) is 4. The fraction of sp³-hybridized carbons (Fsp3) is 0.611. The van der Waals surface area contributed by atoms with Crippen LogP contribution in [0.4, 0.5) is 0 Å². The standard InChI is InChI=1S/C18H25NO3/c1-19-11-10-13(12-19)15-8-4-5-9-16(15)17(20)18(21)22-14-6-2-3-7-14/h4-5,8-9,13-14,17,20H,2-3,6-7,10-12H2,1H3. The molecule has 120 valence electrons. The van der Waals surface area contributed by atoms with Gasteiger partial charge in [-0.05, 0) is 62.7 Å². The topological polar surface area (TPSA) is 49.8 Å². The maximum Gasteiger partial charge on any atom is 0.339 e. The van der Waals surface area contributed by atoms with E-state index < -0.39 is 12.1 Å². The van der Waals surface area contributed by atoms with Gasteiger partial charge in [-0.1, -0.05) is 24.3 Å². The molecule has 1 aromatic rings. The van der Waals surface area contributed by atoms with E-state index in [2.05, 4.69) is 11.9 Å². The van der Waals surface area contributed by atoms with Gasteiger partial charge in [0, 0.05) is 6.54 Å². The number of carbonyl (C=O) groups excluding carboxylic acids is 1. The Bertz CT molecular complexity index is 525. The lowest BCUT2D eigenvalue weighted by molar-refractivity contribution is -0.159. The number of nitrogens with zero attached hydrogens (tertiary/aromatic N) is 1. The summed E-state index contributed by atoms with van der Waals surface area (Å²) < 4.78 is 5.47. The Hall–Kier alpha value is -1.39. The Balaban J connectivity index is 1.74. The van der Waals surface area contributed by atoms with Crippen molar-refractivity contribution in [3.8, 4) is 0 Å². The molecule has 3 rings (SSSR count). The highest BCUT2D eigenvalue weighted by atomic mass is 16.6. The first kappa shape index (κ1) is 15.5. The van der Waals surface area contributed by atoms with E-state index in [1.807, 2.05) is 24.3 Å². The number of aliphatic hydroxyl groups is 1. The molecule has 1 N–H and O–H groups in total. The highest BCUT2D eigenvalue weighted by molar-refractivity contribution is 5.77. The summed E-state index contributed by atoms with van der Waals surface area (Å²) in [4.78, 5) is 14.5. The maximum absolute atomic E-state index is 12.2. The number of benzene rings is 1. The molecule has 0 amide bonds. The van der Waals surface area contributed by atoms with Crippen molar-refractivity contribution in [1.82, 2.24) is 4.90 Å². The Morgan fingerprint density at radius 1 is 1.27 bits per heavy atom. The zero-order valence-electron chi connectivity index (χ0n) is 13.2. The number of hydrogen-bond donors (Lipinski definition) is 1. The largest absolute Gasteiger partial charge is 0.460 e. The van der Waals surface area contributed by atoms with Crippen molar-refractivity contribution in [3.63, 3.8) is 0 Å². The van der Waals surface area contributed by atoms with Crippen LogP contribution in [0.5, 0.6) is 0 Å². The van der Waals surface area contributed by atoms with Gasteiger partial charge in [0.25, 0.3) is 0 Å². The van der Waals surface area contributed by atoms with Crippen molar-refractivity contribution in [2.24, 2.45) is 0 Å². The number of aliphatic hydroxyl groups excluding tert-OH is 1. The second-order valence-electron chi connectivity index (χ2n) is 6.62. The Kier molecular flexibility index (Phi) is 4.79. The van der Waals surface area contributed by atoms with E-state index in [1.54, 1.807) is 0 Å². The summed E-state index contributed by atoms with van der Waals surface area (Å²) in [5.41, 5.74) is 1.80. The fourth-order valence-corrected chi connectivity index (χ4v) is 3.68. The van der Waals surface area contributed by atoms with Gasteiger partial charge in [-0.15, -0.1) is 0 Å². The van der Waals surface area contributed by atoms with E-state index in [4.69, 9.17) is 4.74 Å². The first-order valence-electron chi connectivity index (χ1n) is 8.31. The molecule has 22 heavy (non-hydrogen) atoms. The molecule has 1 heterocycles. The molecule has 4 nitrogen and oxygen atoms in total. The lowest BCUT2D eigenvalue weighted by Gasteiger charge is -2.20. The van der Waals surface area contributed by atoms with Crippen LogP contribution in [-0.2, 0) is 9.53 Å². The monoisotopic (exact) mass is 303 g/mol. The quantitative estimate of drug-likeness (QED) is 0.869. The van der Waals surface area contributed by atoms with Crippen LogP contribution in [0.3, 0.4) is 0 Å². The summed E-state index contributed by atoms with van der Waals surface area (Å²) >= 11 is 0. The zero-order chi connectivity index (χ0) is 15.5. The average molecular weight is 303 g/mol. The van der Waals surface area contributed by atoms with Gasteiger partial charge >= 0.3 is 5.97 Å². The van der Waals surface area contributed by atoms with Gasteiger partial charge in [0.1, 0.15) is 6.10 Å². The molecule has 1 aliphatic carbocycles. The maximum atomic E-state index is 12.2. The molecule has 2 atom stereocenters. The van der Waals surface area contributed by atoms with Gasteiger partial charge in [0.2, 0.25) is 0 Å². The van der Waals surface area contributed by atoms with Crippen molar-refractivity contribution in [2.75, 3.05) is 20.1 Å². The summed E-state index contributed by atoms with van der Waals surface area (Å²) in [6.45, 7) is 2.03. The van der Waals surface area contributed by atoms with Crippen LogP contribution in [0, 0.1) is 0 Å². The second-order valence-corrected chi connectivity index (χ2v) is 6.62. The summed E-state index contributed by atoms with van der Waals surface area (Å²) in [5, 5.41) is 10.5. The van der Waals surface area contributed by atoms with Gasteiger partial charge in [0.15, 0.2) is 6.10 Å². The smallest absolute Gasteiger partial charge is 0.339 e. The van der Waals surface area contributed by atoms with Crippen molar-refractivity contribution < 1.29 is 14.6 Å². The average Bonchev–Trinajstić information content (AvgIpc) is 3.18. The summed E-state index contributed by atoms with van der Waals surface area (Å²) in [6.07, 6.45) is 3.96. The Morgan fingerprint density at radius 2 is 2.00 bits per heavy atom. The molecule has 0 radical (unpaired) electrons. The van der Waals surface area contributed by atoms with E-state index >= 15 is 0 Å². The van der Waals surface area contributed by atoms with Gasteiger partial charge in [-0.3, -0.25) is 0 Å². The van der Waals surface area contributed by atoms with E-state index in [-0.39, 0.29) is 6.10 Å². The normalized spacial score (nSPS) is 24.5. The first-order valence-corrected chi connectivity index (χ1v) is 8.31.